The summed E-state index contributed by atoms with van der Waals surface area (Å²) in [6.45, 7) is 6.83. The molecule has 4 aromatic rings. The van der Waals surface area contributed by atoms with Crippen LogP contribution in [-0.2, 0) is 22.6 Å². The van der Waals surface area contributed by atoms with Crippen molar-refractivity contribution in [2.24, 2.45) is 5.92 Å². The van der Waals surface area contributed by atoms with Gasteiger partial charge in [-0.3, -0.25) is 24.2 Å². The molecule has 3 amide bonds. The lowest BCUT2D eigenvalue weighted by Crippen LogP contribution is -2.53. The van der Waals surface area contributed by atoms with Gasteiger partial charge in [-0.15, -0.1) is 0 Å². The number of piperazine rings is 1. The number of hydrogen-bond donors (Lipinski definition) is 1. The average Bonchev–Trinajstić information content (AvgIpc) is 3.55. The fourth-order valence-corrected chi connectivity index (χ4v) is 10.1. The van der Waals surface area contributed by atoms with E-state index in [2.05, 4.69) is 51.1 Å². The van der Waals surface area contributed by atoms with Gasteiger partial charge in [0.05, 0.1) is 5.69 Å². The Morgan fingerprint density at radius 1 is 0.732 bits per heavy atom. The Balaban J connectivity index is 0.793. The Morgan fingerprint density at radius 2 is 1.52 bits per heavy atom. The number of hydrogen-bond acceptors (Lipinski definition) is 7. The quantitative estimate of drug-likeness (QED) is 0.215. The number of aromatic hydroxyl groups is 1. The Labute approximate surface area is 328 Å². The first-order valence-corrected chi connectivity index (χ1v) is 20.3. The maximum atomic E-state index is 16.1. The number of amides is 3. The Bertz CT molecular complexity index is 2140. The highest BCUT2D eigenvalue weighted by atomic mass is 19.1. The van der Waals surface area contributed by atoms with Crippen LogP contribution >= 0.6 is 0 Å². The molecule has 3 atom stereocenters. The summed E-state index contributed by atoms with van der Waals surface area (Å²) in [6, 6.07) is 27.5. The molecule has 10 heteroatoms. The average molecular weight is 756 g/mol. The number of fused-ring (bicyclic) bond motifs is 2. The second kappa shape index (κ2) is 15.0. The normalized spacial score (nSPS) is 23.5. The molecular formula is C46H50FN5O4. The summed E-state index contributed by atoms with van der Waals surface area (Å²) in [5.74, 6) is 0.311. The number of phenols is 1. The molecule has 0 saturated carbocycles. The minimum Gasteiger partial charge on any atom is -0.508 e. The molecule has 0 spiro atoms. The zero-order valence-electron chi connectivity index (χ0n) is 32.1. The summed E-state index contributed by atoms with van der Waals surface area (Å²) in [5.41, 5.74) is 7.95. The molecule has 0 bridgehead atoms. The van der Waals surface area contributed by atoms with Crippen LogP contribution in [0.4, 0.5) is 15.8 Å². The Morgan fingerprint density at radius 3 is 2.29 bits per heavy atom. The van der Waals surface area contributed by atoms with Crippen molar-refractivity contribution in [2.75, 3.05) is 62.7 Å². The van der Waals surface area contributed by atoms with Crippen LogP contribution in [0.5, 0.6) is 5.75 Å². The van der Waals surface area contributed by atoms with Crippen LogP contribution in [-0.4, -0.2) is 96.4 Å². The van der Waals surface area contributed by atoms with Gasteiger partial charge in [0.1, 0.15) is 17.6 Å². The summed E-state index contributed by atoms with van der Waals surface area (Å²) in [4.78, 5) is 48.0. The predicted octanol–water partition coefficient (Wildman–Crippen LogP) is 6.54. The maximum absolute atomic E-state index is 16.1. The van der Waals surface area contributed by atoms with Crippen LogP contribution < -0.4 is 9.80 Å². The minimum absolute atomic E-state index is 0.0171. The molecule has 1 N–H and O–H groups in total. The molecule has 5 aliphatic rings. The third-order valence-corrected chi connectivity index (χ3v) is 13.3. The van der Waals surface area contributed by atoms with Crippen LogP contribution in [0.15, 0.2) is 84.9 Å². The van der Waals surface area contributed by atoms with Gasteiger partial charge in [-0.05, 0) is 114 Å². The van der Waals surface area contributed by atoms with Gasteiger partial charge in [0, 0.05) is 83.0 Å². The number of rotatable bonds is 7. The van der Waals surface area contributed by atoms with Crippen LogP contribution in [0.25, 0.3) is 0 Å². The van der Waals surface area contributed by atoms with Gasteiger partial charge in [0.2, 0.25) is 5.91 Å². The third-order valence-electron chi connectivity index (χ3n) is 13.3. The van der Waals surface area contributed by atoms with Crippen molar-refractivity contribution in [1.29, 1.82) is 0 Å². The molecule has 4 aliphatic heterocycles. The number of anilines is 2. The molecule has 1 unspecified atom stereocenters. The summed E-state index contributed by atoms with van der Waals surface area (Å²) < 4.78 is 16.1. The molecular weight excluding hydrogens is 706 g/mol. The fourth-order valence-electron chi connectivity index (χ4n) is 10.1. The molecule has 56 heavy (non-hydrogen) atoms. The molecule has 9 nitrogen and oxygen atoms in total. The molecule has 1 aliphatic carbocycles. The number of carbonyl (C=O) groups is 3. The Kier molecular flexibility index (Phi) is 9.77. The molecule has 9 rings (SSSR count). The smallest absolute Gasteiger partial charge is 0.255 e. The van der Waals surface area contributed by atoms with Gasteiger partial charge in [-0.2, -0.15) is 0 Å². The van der Waals surface area contributed by atoms with Gasteiger partial charge in [0.15, 0.2) is 0 Å². The second-order valence-electron chi connectivity index (χ2n) is 16.5. The highest BCUT2D eigenvalue weighted by molar-refractivity contribution is 6.05. The minimum atomic E-state index is -0.591. The number of likely N-dealkylation sites (tertiary alicyclic amines) is 1. The van der Waals surface area contributed by atoms with Gasteiger partial charge >= 0.3 is 0 Å². The lowest BCUT2D eigenvalue weighted by molar-refractivity contribution is -0.150. The van der Waals surface area contributed by atoms with Crippen LogP contribution in [0.2, 0.25) is 0 Å². The zero-order valence-corrected chi connectivity index (χ0v) is 32.1. The molecule has 4 aromatic carbocycles. The van der Waals surface area contributed by atoms with Crippen molar-refractivity contribution in [3.8, 4) is 5.75 Å². The van der Waals surface area contributed by atoms with E-state index < -0.39 is 6.04 Å². The largest absolute Gasteiger partial charge is 0.508 e. The van der Waals surface area contributed by atoms with Crippen molar-refractivity contribution < 1.29 is 23.9 Å². The molecule has 4 heterocycles. The highest BCUT2D eigenvalue weighted by Crippen LogP contribution is 2.47. The highest BCUT2D eigenvalue weighted by Gasteiger charge is 2.42. The number of carbonyl (C=O) groups excluding carboxylic acids is 3. The fraction of sp³-hybridized carbons (Fsp3) is 0.413. The summed E-state index contributed by atoms with van der Waals surface area (Å²) in [5, 5.41) is 10.2. The lowest BCUT2D eigenvalue weighted by Gasteiger charge is -2.40. The molecule has 0 aromatic heterocycles. The summed E-state index contributed by atoms with van der Waals surface area (Å²) in [7, 11) is 1.50. The monoisotopic (exact) mass is 755 g/mol. The zero-order chi connectivity index (χ0) is 38.5. The standard InChI is InChI=1S/C46H50FN5O4/c1-48-43(54)16-15-42(46(48)56)52-29-34-25-35(9-12-39(34)45(52)55)50-23-21-49(22-24-50)28-30-17-19-51(20-18-30)41-14-8-33(27-40(41)47)44-37(31-5-3-2-4-6-31)11-7-32-26-36(53)10-13-38(32)44/h2-6,8-10,12-14,25-27,30,37,42,44,53H,7,11,15-24,28-29H2,1H3/t37-,42?,44+/m1/s1. The van der Waals surface area contributed by atoms with Crippen molar-refractivity contribution in [3.63, 3.8) is 0 Å². The van der Waals surface area contributed by atoms with E-state index in [4.69, 9.17) is 0 Å². The van der Waals surface area contributed by atoms with E-state index in [0.717, 1.165) is 98.8 Å². The van der Waals surface area contributed by atoms with E-state index in [1.54, 1.807) is 17.0 Å². The number of nitrogens with zero attached hydrogens (tertiary/aromatic N) is 5. The molecule has 3 fully saturated rings. The lowest BCUT2D eigenvalue weighted by atomic mass is 9.69. The summed E-state index contributed by atoms with van der Waals surface area (Å²) in [6.07, 6.45) is 4.53. The van der Waals surface area contributed by atoms with E-state index in [1.165, 1.54) is 18.2 Å². The first-order valence-electron chi connectivity index (χ1n) is 20.3. The topological polar surface area (TPSA) is 87.6 Å². The SMILES string of the molecule is CN1C(=O)CCC(N2Cc3cc(N4CCN(CC5CCN(c6ccc([C@@H]7c8ccc(O)cc8CC[C@@H]7c7ccccc7)cc6F)CC5)CC4)ccc3C2=O)C1=O. The number of aryl methyl sites for hydroxylation is 1. The number of piperidine rings is 2. The number of phenolic OH excluding ortho intramolecular Hbond substituents is 1. The third kappa shape index (κ3) is 6.82. The number of likely N-dealkylation sites (N-methyl/N-ethyl adjacent to an activating group) is 1. The van der Waals surface area contributed by atoms with Crippen LogP contribution in [0, 0.1) is 11.7 Å². The second-order valence-corrected chi connectivity index (χ2v) is 16.5. The van der Waals surface area contributed by atoms with E-state index >= 15 is 4.39 Å². The van der Waals surface area contributed by atoms with Gasteiger partial charge in [0.25, 0.3) is 11.8 Å². The Hall–Kier alpha value is -5.22. The summed E-state index contributed by atoms with van der Waals surface area (Å²) >= 11 is 0. The number of imide groups is 1. The number of halogens is 1. The van der Waals surface area contributed by atoms with Crippen LogP contribution in [0.3, 0.4) is 0 Å². The molecule has 0 radical (unpaired) electrons. The van der Waals surface area contributed by atoms with Gasteiger partial charge < -0.3 is 19.8 Å². The van der Waals surface area contributed by atoms with Crippen LogP contribution in [0.1, 0.15) is 82.1 Å². The van der Waals surface area contributed by atoms with Gasteiger partial charge in [-0.1, -0.05) is 42.5 Å². The van der Waals surface area contributed by atoms with Crippen molar-refractivity contribution >= 4 is 29.1 Å². The predicted molar refractivity (Wildman–Crippen MR) is 215 cm³/mol. The molecule has 3 saturated heterocycles. The molecule has 290 valence electrons. The van der Waals surface area contributed by atoms with Crippen molar-refractivity contribution in [2.45, 2.75) is 62.9 Å². The maximum Gasteiger partial charge on any atom is 0.255 e. The first-order chi connectivity index (χ1) is 27.2. The first kappa shape index (κ1) is 36.4. The van der Waals surface area contributed by atoms with E-state index in [0.29, 0.717) is 30.1 Å². The van der Waals surface area contributed by atoms with Crippen molar-refractivity contribution in [1.82, 2.24) is 14.7 Å². The van der Waals surface area contributed by atoms with E-state index in [1.807, 2.05) is 36.4 Å². The number of benzene rings is 4. The van der Waals surface area contributed by atoms with E-state index in [-0.39, 0.29) is 47.5 Å². The van der Waals surface area contributed by atoms with E-state index in [9.17, 15) is 19.5 Å². The van der Waals surface area contributed by atoms with Gasteiger partial charge in [-0.25, -0.2) is 4.39 Å². The van der Waals surface area contributed by atoms with Crippen molar-refractivity contribution in [3.05, 3.63) is 124 Å².